The van der Waals surface area contributed by atoms with Gasteiger partial charge in [-0.05, 0) is 37.5 Å². The van der Waals surface area contributed by atoms with Crippen LogP contribution in [-0.4, -0.2) is 17.8 Å². The molecular weight excluding hydrogens is 373 g/mol. The van der Waals surface area contributed by atoms with Crippen LogP contribution in [-0.2, 0) is 15.1 Å². The van der Waals surface area contributed by atoms with Crippen LogP contribution in [0.2, 0.25) is 5.02 Å². The van der Waals surface area contributed by atoms with Gasteiger partial charge in [0.15, 0.2) is 0 Å². The maximum atomic E-state index is 14.6. The van der Waals surface area contributed by atoms with Gasteiger partial charge in [0.1, 0.15) is 5.82 Å². The minimum atomic E-state index is -0.958. The number of hydrogen-bond donors (Lipinski definition) is 3. The largest absolute Gasteiger partial charge is 0.351 e. The van der Waals surface area contributed by atoms with Gasteiger partial charge in [0.25, 0.3) is 0 Å². The van der Waals surface area contributed by atoms with Gasteiger partial charge in [-0.3, -0.25) is 14.9 Å². The first-order valence-electron chi connectivity index (χ1n) is 9.14. The van der Waals surface area contributed by atoms with Crippen LogP contribution in [0.25, 0.3) is 0 Å². The molecular formula is C19H25ClFN3O3. The molecule has 1 aromatic carbocycles. The van der Waals surface area contributed by atoms with Crippen molar-refractivity contribution >= 4 is 29.4 Å². The summed E-state index contributed by atoms with van der Waals surface area (Å²) in [6.45, 7) is 1.77. The van der Waals surface area contributed by atoms with Crippen molar-refractivity contribution in [2.75, 3.05) is 0 Å². The molecule has 148 valence electrons. The second-order valence-corrected chi connectivity index (χ2v) is 7.41. The van der Waals surface area contributed by atoms with E-state index in [1.807, 2.05) is 5.32 Å². The lowest BCUT2D eigenvalue weighted by molar-refractivity contribution is -0.132. The van der Waals surface area contributed by atoms with Crippen molar-refractivity contribution < 1.29 is 18.8 Å². The number of nitrogens with one attached hydrogen (secondary N) is 2. The number of hydrogen-bond acceptors (Lipinski definition) is 3. The fourth-order valence-corrected chi connectivity index (χ4v) is 3.83. The quantitative estimate of drug-likeness (QED) is 0.685. The van der Waals surface area contributed by atoms with Gasteiger partial charge in [-0.2, -0.15) is 0 Å². The molecule has 0 aromatic heterocycles. The molecule has 6 nitrogen and oxygen atoms in total. The molecule has 4 N–H and O–H groups in total. The number of carbonyl (C=O) groups excluding carboxylic acids is 3. The van der Waals surface area contributed by atoms with Crippen LogP contribution in [0.15, 0.2) is 18.2 Å². The Balaban J connectivity index is 2.24. The fraction of sp³-hybridized carbons (Fsp3) is 0.526. The molecule has 0 spiro atoms. The van der Waals surface area contributed by atoms with E-state index in [-0.39, 0.29) is 12.3 Å². The van der Waals surface area contributed by atoms with Crippen LogP contribution in [0.5, 0.6) is 0 Å². The van der Waals surface area contributed by atoms with Gasteiger partial charge in [-0.1, -0.05) is 37.8 Å². The highest BCUT2D eigenvalue weighted by atomic mass is 35.5. The number of halogens is 2. The van der Waals surface area contributed by atoms with E-state index in [0.717, 1.165) is 19.3 Å². The van der Waals surface area contributed by atoms with Crippen LogP contribution in [0.4, 0.5) is 9.18 Å². The Morgan fingerprint density at radius 2 is 1.93 bits per heavy atom. The molecule has 2 rings (SSSR count). The van der Waals surface area contributed by atoms with Crippen molar-refractivity contribution in [2.45, 2.75) is 57.4 Å². The molecule has 0 radical (unpaired) electrons. The summed E-state index contributed by atoms with van der Waals surface area (Å²) in [6, 6.07) is 3.38. The molecule has 0 saturated heterocycles. The van der Waals surface area contributed by atoms with E-state index in [2.05, 4.69) is 5.32 Å². The molecule has 1 saturated carbocycles. The lowest BCUT2D eigenvalue weighted by Gasteiger charge is -2.40. The molecule has 27 heavy (non-hydrogen) atoms. The normalized spacial score (nSPS) is 17.0. The molecule has 1 fully saturated rings. The van der Waals surface area contributed by atoms with Crippen molar-refractivity contribution in [2.24, 2.45) is 11.7 Å². The average Bonchev–Trinajstić information content (AvgIpc) is 2.61. The summed E-state index contributed by atoms with van der Waals surface area (Å²) < 4.78 is 14.6. The monoisotopic (exact) mass is 397 g/mol. The van der Waals surface area contributed by atoms with Gasteiger partial charge in [0.05, 0.1) is 5.54 Å². The van der Waals surface area contributed by atoms with Gasteiger partial charge in [-0.25, -0.2) is 9.18 Å². The van der Waals surface area contributed by atoms with Crippen LogP contribution >= 0.6 is 11.6 Å². The van der Waals surface area contributed by atoms with Crippen molar-refractivity contribution in [1.29, 1.82) is 0 Å². The summed E-state index contributed by atoms with van der Waals surface area (Å²) >= 11 is 6.07. The number of primary amides is 1. The third-order valence-electron chi connectivity index (χ3n) is 5.07. The van der Waals surface area contributed by atoms with Gasteiger partial charge in [-0.15, -0.1) is 0 Å². The summed E-state index contributed by atoms with van der Waals surface area (Å²) in [4.78, 5) is 35.5. The third-order valence-corrected chi connectivity index (χ3v) is 5.31. The molecule has 1 atom stereocenters. The SMILES string of the molecule is CCC(CC(=O)NC(N)=O)C(=O)NC1(c2cc(Cl)ccc2F)CCCCC1. The zero-order valence-electron chi connectivity index (χ0n) is 15.3. The second-order valence-electron chi connectivity index (χ2n) is 6.98. The average molecular weight is 398 g/mol. The number of amides is 4. The minimum Gasteiger partial charge on any atom is -0.351 e. The number of imide groups is 1. The van der Waals surface area contributed by atoms with Gasteiger partial charge >= 0.3 is 6.03 Å². The maximum Gasteiger partial charge on any atom is 0.318 e. The predicted octanol–water partition coefficient (Wildman–Crippen LogP) is 3.37. The van der Waals surface area contributed by atoms with E-state index in [0.29, 0.717) is 29.8 Å². The Morgan fingerprint density at radius 1 is 1.26 bits per heavy atom. The summed E-state index contributed by atoms with van der Waals surface area (Å²) in [7, 11) is 0. The topological polar surface area (TPSA) is 101 Å². The maximum absolute atomic E-state index is 14.6. The Labute approximate surface area is 163 Å². The molecule has 1 aromatic rings. The van der Waals surface area contributed by atoms with Crippen LogP contribution in [0.3, 0.4) is 0 Å². The van der Waals surface area contributed by atoms with Crippen molar-refractivity contribution in [1.82, 2.24) is 10.6 Å². The summed E-state index contributed by atoms with van der Waals surface area (Å²) in [5.74, 6) is -2.03. The van der Waals surface area contributed by atoms with E-state index in [1.54, 1.807) is 13.0 Å². The predicted molar refractivity (Wildman–Crippen MR) is 100 cm³/mol. The molecule has 0 heterocycles. The highest BCUT2D eigenvalue weighted by molar-refractivity contribution is 6.30. The van der Waals surface area contributed by atoms with E-state index in [9.17, 15) is 18.8 Å². The fourth-order valence-electron chi connectivity index (χ4n) is 3.65. The Kier molecular flexibility index (Phi) is 7.18. The lowest BCUT2D eigenvalue weighted by atomic mass is 9.76. The van der Waals surface area contributed by atoms with Crippen LogP contribution in [0.1, 0.15) is 57.4 Å². The highest BCUT2D eigenvalue weighted by Gasteiger charge is 2.39. The van der Waals surface area contributed by atoms with E-state index >= 15 is 0 Å². The molecule has 1 unspecified atom stereocenters. The lowest BCUT2D eigenvalue weighted by Crippen LogP contribution is -2.50. The van der Waals surface area contributed by atoms with Crippen LogP contribution < -0.4 is 16.4 Å². The van der Waals surface area contributed by atoms with Crippen LogP contribution in [0, 0.1) is 11.7 Å². The molecule has 1 aliphatic carbocycles. The van der Waals surface area contributed by atoms with E-state index in [1.165, 1.54) is 12.1 Å². The van der Waals surface area contributed by atoms with Gasteiger partial charge < -0.3 is 11.1 Å². The first-order chi connectivity index (χ1) is 12.8. The zero-order chi connectivity index (χ0) is 20.0. The third kappa shape index (κ3) is 5.42. The Morgan fingerprint density at radius 3 is 2.52 bits per heavy atom. The Bertz CT molecular complexity index is 720. The van der Waals surface area contributed by atoms with Gasteiger partial charge in [0.2, 0.25) is 11.8 Å². The molecule has 0 aliphatic heterocycles. The van der Waals surface area contributed by atoms with Crippen molar-refractivity contribution in [3.8, 4) is 0 Å². The first kappa shape index (κ1) is 21.2. The van der Waals surface area contributed by atoms with E-state index < -0.39 is 29.2 Å². The smallest absolute Gasteiger partial charge is 0.318 e. The summed E-state index contributed by atoms with van der Waals surface area (Å²) in [5.41, 5.74) is 4.46. The number of urea groups is 1. The molecule has 1 aliphatic rings. The summed E-state index contributed by atoms with van der Waals surface area (Å²) in [6.07, 6.45) is 4.14. The Hall–Kier alpha value is -2.15. The standard InChI is InChI=1S/C19H25ClFN3O3/c1-2-12(10-16(25)23-18(22)27)17(26)24-19(8-4-3-5-9-19)14-11-13(20)6-7-15(14)21/h6-7,11-12H,2-5,8-10H2,1H3,(H,24,26)(H3,22,23,25,27). The highest BCUT2D eigenvalue weighted by Crippen LogP contribution is 2.39. The summed E-state index contributed by atoms with van der Waals surface area (Å²) in [5, 5.41) is 5.36. The second kappa shape index (κ2) is 9.17. The zero-order valence-corrected chi connectivity index (χ0v) is 16.1. The molecule has 8 heteroatoms. The first-order valence-corrected chi connectivity index (χ1v) is 9.52. The van der Waals surface area contributed by atoms with Crippen molar-refractivity contribution in [3.63, 3.8) is 0 Å². The number of carbonyl (C=O) groups is 3. The van der Waals surface area contributed by atoms with E-state index in [4.69, 9.17) is 17.3 Å². The number of benzene rings is 1. The molecule has 0 bridgehead atoms. The van der Waals surface area contributed by atoms with Gasteiger partial charge in [0, 0.05) is 22.9 Å². The number of rotatable bonds is 6. The molecule has 4 amide bonds. The number of nitrogens with two attached hydrogens (primary N) is 1. The van der Waals surface area contributed by atoms with Crippen molar-refractivity contribution in [3.05, 3.63) is 34.6 Å². The minimum absolute atomic E-state index is 0.167.